The van der Waals surface area contributed by atoms with E-state index in [0.29, 0.717) is 31.8 Å². The van der Waals surface area contributed by atoms with Crippen molar-refractivity contribution in [2.24, 2.45) is 0 Å². The van der Waals surface area contributed by atoms with Gasteiger partial charge in [-0.2, -0.15) is 0 Å². The van der Waals surface area contributed by atoms with Gasteiger partial charge in [0.05, 0.1) is 10.1 Å². The highest BCUT2D eigenvalue weighted by Gasteiger charge is 2.34. The smallest absolute Gasteiger partial charge is 0.276 e. The lowest BCUT2D eigenvalue weighted by atomic mass is 10.1. The van der Waals surface area contributed by atoms with E-state index in [1.165, 1.54) is 12.1 Å². The molecule has 1 aliphatic carbocycles. The van der Waals surface area contributed by atoms with Crippen LogP contribution in [0, 0.1) is 5.82 Å². The Balaban J connectivity index is 1.41. The number of aromatic nitrogens is 1. The average molecular weight is 378 g/mol. The number of amides is 1. The number of halogens is 1. The summed E-state index contributed by atoms with van der Waals surface area (Å²) in [7, 11) is -3.53. The second-order valence-corrected chi connectivity index (χ2v) is 9.11. The lowest BCUT2D eigenvalue weighted by molar-refractivity contribution is 0.0715. The number of sulfone groups is 1. The average Bonchev–Trinajstić information content (AvgIpc) is 3.38. The third kappa shape index (κ3) is 3.25. The van der Waals surface area contributed by atoms with Crippen LogP contribution in [0.3, 0.4) is 0 Å². The molecule has 4 rings (SSSR count). The summed E-state index contributed by atoms with van der Waals surface area (Å²) in [4.78, 5) is 14.3. The van der Waals surface area contributed by atoms with Gasteiger partial charge in [-0.05, 0) is 49.9 Å². The summed E-state index contributed by atoms with van der Waals surface area (Å²) in [6.45, 7) is 0.686. The SMILES string of the molecule is O=C(c1cc(C2CC2)on1)N1CCC(S(=O)(=O)c2ccc(F)cc2)CC1. The molecule has 0 radical (unpaired) electrons. The lowest BCUT2D eigenvalue weighted by Crippen LogP contribution is -2.42. The quantitative estimate of drug-likeness (QED) is 0.764. The first-order chi connectivity index (χ1) is 12.4. The Kier molecular flexibility index (Phi) is 4.30. The molecule has 1 amide bonds. The first-order valence-corrected chi connectivity index (χ1v) is 10.2. The standard InChI is InChI=1S/C18H19FN2O4S/c19-13-3-5-14(6-4-13)26(23,24)15-7-9-21(10-8-15)18(22)16-11-17(25-20-16)12-1-2-12/h3-6,11-12,15H,1-2,7-10H2. The van der Waals surface area contributed by atoms with Crippen LogP contribution >= 0.6 is 0 Å². The van der Waals surface area contributed by atoms with Gasteiger partial charge in [-0.1, -0.05) is 5.16 Å². The van der Waals surface area contributed by atoms with Gasteiger partial charge in [-0.15, -0.1) is 0 Å². The molecule has 2 fully saturated rings. The summed E-state index contributed by atoms with van der Waals surface area (Å²) in [5, 5.41) is 3.28. The summed E-state index contributed by atoms with van der Waals surface area (Å²) >= 11 is 0. The highest BCUT2D eigenvalue weighted by molar-refractivity contribution is 7.92. The van der Waals surface area contributed by atoms with Crippen molar-refractivity contribution in [3.8, 4) is 0 Å². The number of nitrogens with zero attached hydrogens (tertiary/aromatic N) is 2. The van der Waals surface area contributed by atoms with Gasteiger partial charge < -0.3 is 9.42 Å². The van der Waals surface area contributed by atoms with E-state index in [2.05, 4.69) is 5.16 Å². The summed E-state index contributed by atoms with van der Waals surface area (Å²) < 4.78 is 43.6. The first-order valence-electron chi connectivity index (χ1n) is 8.70. The zero-order chi connectivity index (χ0) is 18.3. The largest absolute Gasteiger partial charge is 0.360 e. The molecule has 0 N–H and O–H groups in total. The highest BCUT2D eigenvalue weighted by atomic mass is 32.2. The summed E-state index contributed by atoms with van der Waals surface area (Å²) in [6.07, 6.45) is 2.82. The lowest BCUT2D eigenvalue weighted by Gasteiger charge is -2.31. The molecule has 8 heteroatoms. The molecule has 1 aromatic heterocycles. The third-order valence-corrected chi connectivity index (χ3v) is 7.32. The van der Waals surface area contributed by atoms with E-state index in [1.54, 1.807) is 11.0 Å². The van der Waals surface area contributed by atoms with Crippen molar-refractivity contribution in [2.75, 3.05) is 13.1 Å². The zero-order valence-corrected chi connectivity index (χ0v) is 14.9. The van der Waals surface area contributed by atoms with E-state index < -0.39 is 20.9 Å². The minimum atomic E-state index is -3.53. The van der Waals surface area contributed by atoms with E-state index in [0.717, 1.165) is 30.7 Å². The van der Waals surface area contributed by atoms with Crippen LogP contribution in [-0.4, -0.2) is 42.7 Å². The molecular weight excluding hydrogens is 359 g/mol. The summed E-state index contributed by atoms with van der Waals surface area (Å²) in [5.74, 6) is 0.443. The van der Waals surface area contributed by atoms with Crippen LogP contribution in [0.4, 0.5) is 4.39 Å². The van der Waals surface area contributed by atoms with Crippen LogP contribution in [0.25, 0.3) is 0 Å². The minimum Gasteiger partial charge on any atom is -0.360 e. The van der Waals surface area contributed by atoms with Gasteiger partial charge in [0.15, 0.2) is 15.5 Å². The molecule has 0 bridgehead atoms. The van der Waals surface area contributed by atoms with Crippen molar-refractivity contribution in [1.29, 1.82) is 0 Å². The molecular formula is C18H19FN2O4S. The summed E-state index contributed by atoms with van der Waals surface area (Å²) in [6, 6.07) is 6.57. The van der Waals surface area contributed by atoms with E-state index in [1.807, 2.05) is 0 Å². The van der Waals surface area contributed by atoms with Crippen LogP contribution in [0.15, 0.2) is 39.8 Å². The number of carbonyl (C=O) groups excluding carboxylic acids is 1. The van der Waals surface area contributed by atoms with Gasteiger partial charge in [0.25, 0.3) is 5.91 Å². The van der Waals surface area contributed by atoms with Gasteiger partial charge in [-0.25, -0.2) is 12.8 Å². The molecule has 0 atom stereocenters. The van der Waals surface area contributed by atoms with Gasteiger partial charge in [-0.3, -0.25) is 4.79 Å². The molecule has 1 saturated carbocycles. The Bertz CT molecular complexity index is 911. The topological polar surface area (TPSA) is 80.5 Å². The number of carbonyl (C=O) groups is 1. The predicted octanol–water partition coefficient (Wildman–Crippen LogP) is 2.77. The molecule has 0 spiro atoms. The molecule has 138 valence electrons. The number of hydrogen-bond acceptors (Lipinski definition) is 5. The van der Waals surface area contributed by atoms with Gasteiger partial charge in [0.2, 0.25) is 0 Å². The van der Waals surface area contributed by atoms with Crippen molar-refractivity contribution in [3.05, 3.63) is 47.6 Å². The predicted molar refractivity (Wildman–Crippen MR) is 91.0 cm³/mol. The number of piperidine rings is 1. The fourth-order valence-corrected chi connectivity index (χ4v) is 5.03. The van der Waals surface area contributed by atoms with E-state index in [4.69, 9.17) is 4.52 Å². The zero-order valence-electron chi connectivity index (χ0n) is 14.1. The van der Waals surface area contributed by atoms with E-state index in [-0.39, 0.29) is 16.5 Å². The monoisotopic (exact) mass is 378 g/mol. The Morgan fingerprint density at radius 3 is 2.38 bits per heavy atom. The Morgan fingerprint density at radius 2 is 1.77 bits per heavy atom. The molecule has 1 aliphatic heterocycles. The van der Waals surface area contributed by atoms with Gasteiger partial charge in [0, 0.05) is 25.1 Å². The van der Waals surface area contributed by atoms with Crippen molar-refractivity contribution >= 4 is 15.7 Å². The maximum Gasteiger partial charge on any atom is 0.276 e. The fraction of sp³-hybridized carbons (Fsp3) is 0.444. The van der Waals surface area contributed by atoms with Gasteiger partial charge in [0.1, 0.15) is 11.6 Å². The van der Waals surface area contributed by atoms with Crippen LogP contribution in [0.1, 0.15) is 47.8 Å². The van der Waals surface area contributed by atoms with Crippen molar-refractivity contribution in [3.63, 3.8) is 0 Å². The molecule has 1 aromatic carbocycles. The maximum atomic E-state index is 13.0. The highest BCUT2D eigenvalue weighted by Crippen LogP contribution is 2.40. The molecule has 6 nitrogen and oxygen atoms in total. The van der Waals surface area contributed by atoms with Crippen LogP contribution in [0.2, 0.25) is 0 Å². The Hall–Kier alpha value is -2.22. The number of rotatable bonds is 4. The van der Waals surface area contributed by atoms with Crippen molar-refractivity contribution in [2.45, 2.75) is 41.7 Å². The first kappa shape index (κ1) is 17.2. The third-order valence-electron chi connectivity index (χ3n) is 5.04. The number of hydrogen-bond donors (Lipinski definition) is 0. The van der Waals surface area contributed by atoms with Gasteiger partial charge >= 0.3 is 0 Å². The Morgan fingerprint density at radius 1 is 1.12 bits per heavy atom. The fourth-order valence-electron chi connectivity index (χ4n) is 3.30. The number of benzene rings is 1. The molecule has 2 aromatic rings. The second-order valence-electron chi connectivity index (χ2n) is 6.88. The molecule has 2 aliphatic rings. The molecule has 2 heterocycles. The maximum absolute atomic E-state index is 13.0. The normalized spacial score (nSPS) is 18.9. The molecule has 26 heavy (non-hydrogen) atoms. The van der Waals surface area contributed by atoms with Crippen LogP contribution in [-0.2, 0) is 9.84 Å². The van der Waals surface area contributed by atoms with Crippen molar-refractivity contribution < 1.29 is 22.1 Å². The molecule has 1 saturated heterocycles. The number of likely N-dealkylation sites (tertiary alicyclic amines) is 1. The van der Waals surface area contributed by atoms with Crippen molar-refractivity contribution in [1.82, 2.24) is 10.1 Å². The second kappa shape index (κ2) is 6.50. The van der Waals surface area contributed by atoms with E-state index >= 15 is 0 Å². The minimum absolute atomic E-state index is 0.120. The van der Waals surface area contributed by atoms with Crippen LogP contribution < -0.4 is 0 Å². The summed E-state index contributed by atoms with van der Waals surface area (Å²) in [5.41, 5.74) is 0.284. The Labute approximate surface area is 150 Å². The van der Waals surface area contributed by atoms with E-state index in [9.17, 15) is 17.6 Å². The van der Waals surface area contributed by atoms with Crippen LogP contribution in [0.5, 0.6) is 0 Å². The molecule has 0 unspecified atom stereocenters.